The highest BCUT2D eigenvalue weighted by Crippen LogP contribution is 2.15. The van der Waals surface area contributed by atoms with Crippen molar-refractivity contribution in [1.82, 2.24) is 4.89 Å². The number of sulfonamides is 1. The summed E-state index contributed by atoms with van der Waals surface area (Å²) in [6.45, 7) is 0.0764. The van der Waals surface area contributed by atoms with E-state index in [0.717, 1.165) is 29.8 Å². The van der Waals surface area contributed by atoms with Crippen LogP contribution in [0.15, 0.2) is 59.5 Å². The molecule has 2 aromatic rings. The van der Waals surface area contributed by atoms with Gasteiger partial charge in [0.05, 0.1) is 16.4 Å². The Morgan fingerprint density at radius 2 is 1.67 bits per heavy atom. The number of nitrogens with zero attached hydrogens (tertiary/aromatic N) is 1. The summed E-state index contributed by atoms with van der Waals surface area (Å²) >= 11 is 0. The molecule has 8 heteroatoms. The molecule has 2 aromatic carbocycles. The van der Waals surface area contributed by atoms with Crippen molar-refractivity contribution in [2.45, 2.75) is 11.5 Å². The van der Waals surface area contributed by atoms with Crippen LogP contribution >= 0.6 is 0 Å². The molecule has 0 radical (unpaired) electrons. The molecule has 1 N–H and O–H groups in total. The number of benzene rings is 2. The van der Waals surface area contributed by atoms with Gasteiger partial charge in [0.15, 0.2) is 0 Å². The van der Waals surface area contributed by atoms with Gasteiger partial charge in [-0.25, -0.2) is 8.42 Å². The minimum absolute atomic E-state index is 0.0764. The number of non-ortho nitro benzene ring substituents is 1. The summed E-state index contributed by atoms with van der Waals surface area (Å²) in [4.78, 5) is 16.7. The van der Waals surface area contributed by atoms with Crippen LogP contribution in [0.2, 0.25) is 0 Å². The summed E-state index contributed by atoms with van der Waals surface area (Å²) in [7, 11) is -3.87. The first kappa shape index (κ1) is 15.1. The molecule has 0 heterocycles. The molecule has 21 heavy (non-hydrogen) atoms. The Morgan fingerprint density at radius 1 is 1.05 bits per heavy atom. The maximum atomic E-state index is 11.9. The van der Waals surface area contributed by atoms with Crippen LogP contribution in [0.3, 0.4) is 0 Å². The van der Waals surface area contributed by atoms with Crippen LogP contribution in [0.1, 0.15) is 5.56 Å². The summed E-state index contributed by atoms with van der Waals surface area (Å²) < 4.78 is 23.8. The maximum Gasteiger partial charge on any atom is 0.269 e. The van der Waals surface area contributed by atoms with Gasteiger partial charge in [-0.3, -0.25) is 15.0 Å². The molecule has 0 bridgehead atoms. The zero-order valence-corrected chi connectivity index (χ0v) is 11.6. The van der Waals surface area contributed by atoms with Crippen LogP contribution in [0.5, 0.6) is 0 Å². The number of nitro groups is 1. The third-order valence-electron chi connectivity index (χ3n) is 2.61. The lowest BCUT2D eigenvalue weighted by atomic mass is 10.2. The minimum Gasteiger partial charge on any atom is -0.282 e. The summed E-state index contributed by atoms with van der Waals surface area (Å²) in [6.07, 6.45) is 0. The monoisotopic (exact) mass is 308 g/mol. The topological polar surface area (TPSA) is 98.5 Å². The largest absolute Gasteiger partial charge is 0.282 e. The van der Waals surface area contributed by atoms with Crippen molar-refractivity contribution in [2.24, 2.45) is 0 Å². The van der Waals surface area contributed by atoms with E-state index in [1.807, 2.05) is 23.1 Å². The standard InChI is InChI=1S/C13H12N2O5S/c16-15(17)12-6-8-13(9-7-12)21(18,19)14-20-10-11-4-2-1-3-5-11/h1-9,14H,10H2. The molecule has 0 saturated carbocycles. The minimum atomic E-state index is -3.87. The fraction of sp³-hybridized carbons (Fsp3) is 0.0769. The van der Waals surface area contributed by atoms with Gasteiger partial charge in [0, 0.05) is 12.1 Å². The lowest BCUT2D eigenvalue weighted by Crippen LogP contribution is -2.23. The molecule has 0 atom stereocenters. The first-order chi connectivity index (χ1) is 9.99. The van der Waals surface area contributed by atoms with E-state index in [9.17, 15) is 18.5 Å². The van der Waals surface area contributed by atoms with Crippen molar-refractivity contribution in [3.8, 4) is 0 Å². The summed E-state index contributed by atoms with van der Waals surface area (Å²) in [5.74, 6) is 0. The van der Waals surface area contributed by atoms with Crippen LogP contribution in [0.25, 0.3) is 0 Å². The second kappa shape index (κ2) is 6.44. The van der Waals surface area contributed by atoms with Gasteiger partial charge >= 0.3 is 0 Å². The smallest absolute Gasteiger partial charge is 0.269 e. The van der Waals surface area contributed by atoms with Crippen molar-refractivity contribution in [3.63, 3.8) is 0 Å². The van der Waals surface area contributed by atoms with Gasteiger partial charge in [0.2, 0.25) is 0 Å². The molecule has 0 unspecified atom stereocenters. The molecule has 110 valence electrons. The van der Waals surface area contributed by atoms with Crippen molar-refractivity contribution in [3.05, 3.63) is 70.3 Å². The quantitative estimate of drug-likeness (QED) is 0.650. The Bertz CT molecular complexity index is 714. The van der Waals surface area contributed by atoms with Crippen LogP contribution < -0.4 is 4.89 Å². The van der Waals surface area contributed by atoms with E-state index in [-0.39, 0.29) is 17.2 Å². The van der Waals surface area contributed by atoms with Crippen LogP contribution in [-0.2, 0) is 21.5 Å². The number of nitrogens with one attached hydrogen (secondary N) is 1. The average molecular weight is 308 g/mol. The molecule has 2 rings (SSSR count). The third kappa shape index (κ3) is 4.09. The number of hydrogen-bond acceptors (Lipinski definition) is 5. The van der Waals surface area contributed by atoms with Crippen LogP contribution in [0.4, 0.5) is 5.69 Å². The van der Waals surface area contributed by atoms with E-state index >= 15 is 0 Å². The average Bonchev–Trinajstić information content (AvgIpc) is 2.48. The first-order valence-corrected chi connectivity index (χ1v) is 7.39. The summed E-state index contributed by atoms with van der Waals surface area (Å²) in [6, 6.07) is 13.6. The molecule has 7 nitrogen and oxygen atoms in total. The van der Waals surface area contributed by atoms with E-state index in [2.05, 4.69) is 0 Å². The number of nitro benzene ring substituents is 1. The zero-order valence-electron chi connectivity index (χ0n) is 10.8. The lowest BCUT2D eigenvalue weighted by Gasteiger charge is -2.07. The van der Waals surface area contributed by atoms with E-state index in [1.165, 1.54) is 0 Å². The fourth-order valence-electron chi connectivity index (χ4n) is 1.56. The van der Waals surface area contributed by atoms with Gasteiger partial charge in [-0.15, -0.1) is 0 Å². The van der Waals surface area contributed by atoms with Gasteiger partial charge < -0.3 is 0 Å². The Labute approximate surface area is 121 Å². The Kier molecular flexibility index (Phi) is 4.63. The van der Waals surface area contributed by atoms with Gasteiger partial charge in [0.1, 0.15) is 0 Å². The molecule has 0 fully saturated rings. The predicted molar refractivity (Wildman–Crippen MR) is 74.6 cm³/mol. The van der Waals surface area contributed by atoms with E-state index in [1.54, 1.807) is 12.1 Å². The number of hydrogen-bond donors (Lipinski definition) is 1. The van der Waals surface area contributed by atoms with Crippen molar-refractivity contribution >= 4 is 15.7 Å². The van der Waals surface area contributed by atoms with Gasteiger partial charge in [0.25, 0.3) is 15.7 Å². The zero-order chi connectivity index (χ0) is 15.3. The summed E-state index contributed by atoms with van der Waals surface area (Å²) in [5, 5.41) is 10.5. The SMILES string of the molecule is O=[N+]([O-])c1ccc(S(=O)(=O)NOCc2ccccc2)cc1. The molecule has 0 aliphatic heterocycles. The fourth-order valence-corrected chi connectivity index (χ4v) is 2.36. The molecule has 0 amide bonds. The first-order valence-electron chi connectivity index (χ1n) is 5.91. The lowest BCUT2D eigenvalue weighted by molar-refractivity contribution is -0.384. The van der Waals surface area contributed by atoms with Gasteiger partial charge in [-0.1, -0.05) is 35.2 Å². The molecule has 0 aliphatic rings. The van der Waals surface area contributed by atoms with Gasteiger partial charge in [-0.05, 0) is 17.7 Å². The molecular formula is C13H12N2O5S. The van der Waals surface area contributed by atoms with Gasteiger partial charge in [-0.2, -0.15) is 0 Å². The third-order valence-corrected chi connectivity index (χ3v) is 3.84. The normalized spacial score (nSPS) is 11.2. The van der Waals surface area contributed by atoms with Crippen molar-refractivity contribution in [2.75, 3.05) is 0 Å². The van der Waals surface area contributed by atoms with E-state index in [4.69, 9.17) is 4.84 Å². The molecule has 0 spiro atoms. The highest BCUT2D eigenvalue weighted by atomic mass is 32.2. The Morgan fingerprint density at radius 3 is 2.24 bits per heavy atom. The van der Waals surface area contributed by atoms with Crippen LogP contribution in [0, 0.1) is 10.1 Å². The van der Waals surface area contributed by atoms with E-state index < -0.39 is 14.9 Å². The molecule has 0 saturated heterocycles. The summed E-state index contributed by atoms with van der Waals surface area (Å²) in [5.41, 5.74) is 0.628. The van der Waals surface area contributed by atoms with Crippen LogP contribution in [-0.4, -0.2) is 13.3 Å². The second-order valence-electron chi connectivity index (χ2n) is 4.11. The highest BCUT2D eigenvalue weighted by Gasteiger charge is 2.15. The molecule has 0 aromatic heterocycles. The maximum absolute atomic E-state index is 11.9. The number of rotatable bonds is 6. The highest BCUT2D eigenvalue weighted by molar-refractivity contribution is 7.89. The Hall–Kier alpha value is -2.29. The predicted octanol–water partition coefficient (Wildman–Crippen LogP) is 2.00. The molecule has 0 aliphatic carbocycles. The van der Waals surface area contributed by atoms with Crippen molar-refractivity contribution < 1.29 is 18.2 Å². The van der Waals surface area contributed by atoms with Crippen molar-refractivity contribution in [1.29, 1.82) is 0 Å². The second-order valence-corrected chi connectivity index (χ2v) is 5.76. The van der Waals surface area contributed by atoms with E-state index in [0.29, 0.717) is 0 Å². The molecular weight excluding hydrogens is 296 g/mol. The Balaban J connectivity index is 2.00.